The predicted molar refractivity (Wildman–Crippen MR) is 66.2 cm³/mol. The molecule has 0 spiro atoms. The summed E-state index contributed by atoms with van der Waals surface area (Å²) < 4.78 is 0. The Balaban J connectivity index is 4.25. The zero-order valence-electron chi connectivity index (χ0n) is 11.2. The van der Waals surface area contributed by atoms with Crippen LogP contribution in [-0.2, 0) is 4.79 Å². The smallest absolute Gasteiger partial charge is 0.237 e. The molecular weight excluding hydrogens is 204 g/mol. The average molecular weight is 230 g/mol. The Morgan fingerprint density at radius 1 is 1.25 bits per heavy atom. The van der Waals surface area contributed by atoms with Gasteiger partial charge in [0.1, 0.15) is 0 Å². The fourth-order valence-electron chi connectivity index (χ4n) is 1.62. The van der Waals surface area contributed by atoms with E-state index in [-0.39, 0.29) is 24.6 Å². The van der Waals surface area contributed by atoms with Crippen LogP contribution in [-0.4, -0.2) is 47.7 Å². The van der Waals surface area contributed by atoms with Crippen molar-refractivity contribution in [1.82, 2.24) is 10.2 Å². The molecule has 0 aromatic heterocycles. The third kappa shape index (κ3) is 5.47. The first-order valence-corrected chi connectivity index (χ1v) is 6.04. The maximum atomic E-state index is 11.8. The zero-order chi connectivity index (χ0) is 12.7. The van der Waals surface area contributed by atoms with E-state index in [1.165, 1.54) is 0 Å². The molecule has 16 heavy (non-hydrogen) atoms. The van der Waals surface area contributed by atoms with Gasteiger partial charge in [-0.15, -0.1) is 0 Å². The van der Waals surface area contributed by atoms with Crippen LogP contribution in [0.25, 0.3) is 0 Å². The monoisotopic (exact) mass is 230 g/mol. The summed E-state index contributed by atoms with van der Waals surface area (Å²) in [7, 11) is 0. The summed E-state index contributed by atoms with van der Waals surface area (Å²) in [6.07, 6.45) is 0. The van der Waals surface area contributed by atoms with Crippen LogP contribution >= 0.6 is 0 Å². The molecule has 1 unspecified atom stereocenters. The van der Waals surface area contributed by atoms with Gasteiger partial charge < -0.3 is 10.4 Å². The van der Waals surface area contributed by atoms with E-state index in [1.54, 1.807) is 0 Å². The lowest BCUT2D eigenvalue weighted by Crippen LogP contribution is -2.49. The second-order valence-corrected chi connectivity index (χ2v) is 4.87. The minimum Gasteiger partial charge on any atom is -0.395 e. The van der Waals surface area contributed by atoms with Gasteiger partial charge in [0, 0.05) is 19.1 Å². The van der Waals surface area contributed by atoms with Gasteiger partial charge in [-0.05, 0) is 26.7 Å². The maximum Gasteiger partial charge on any atom is 0.237 e. The zero-order valence-corrected chi connectivity index (χ0v) is 11.2. The Morgan fingerprint density at radius 3 is 2.19 bits per heavy atom. The number of amides is 1. The minimum atomic E-state index is -0.189. The number of nitrogens with zero attached hydrogens (tertiary/aromatic N) is 1. The lowest BCUT2D eigenvalue weighted by molar-refractivity contribution is -0.126. The van der Waals surface area contributed by atoms with E-state index in [1.807, 2.05) is 25.7 Å². The van der Waals surface area contributed by atoms with Crippen molar-refractivity contribution in [1.29, 1.82) is 0 Å². The van der Waals surface area contributed by atoms with Crippen LogP contribution in [0.4, 0.5) is 0 Å². The van der Waals surface area contributed by atoms with Crippen molar-refractivity contribution in [2.45, 2.75) is 46.7 Å². The molecule has 0 aromatic carbocycles. The lowest BCUT2D eigenvalue weighted by atomic mass is 10.2. The summed E-state index contributed by atoms with van der Waals surface area (Å²) in [5, 5.41) is 11.9. The number of carbonyl (C=O) groups is 1. The fourth-order valence-corrected chi connectivity index (χ4v) is 1.62. The molecule has 0 rings (SSSR count). The molecule has 0 aliphatic carbocycles. The average Bonchev–Trinajstić information content (AvgIpc) is 2.20. The topological polar surface area (TPSA) is 52.6 Å². The van der Waals surface area contributed by atoms with Crippen LogP contribution < -0.4 is 5.32 Å². The number of rotatable bonds is 7. The van der Waals surface area contributed by atoms with Crippen LogP contribution in [0.2, 0.25) is 0 Å². The van der Waals surface area contributed by atoms with Gasteiger partial charge in [0.25, 0.3) is 0 Å². The molecule has 0 saturated carbocycles. The van der Waals surface area contributed by atoms with Gasteiger partial charge in [-0.25, -0.2) is 0 Å². The fraction of sp³-hybridized carbons (Fsp3) is 0.917. The van der Waals surface area contributed by atoms with E-state index in [9.17, 15) is 4.79 Å². The molecule has 1 amide bonds. The summed E-state index contributed by atoms with van der Waals surface area (Å²) in [6.45, 7) is 11.4. The van der Waals surface area contributed by atoms with Gasteiger partial charge in [-0.1, -0.05) is 13.8 Å². The van der Waals surface area contributed by atoms with Crippen LogP contribution in [0.3, 0.4) is 0 Å². The standard InChI is InChI=1S/C12H26N2O2/c1-9(2)8-13-12(16)11(5)14(6-7-15)10(3)4/h9-11,15H,6-8H2,1-5H3,(H,13,16). The maximum absolute atomic E-state index is 11.8. The van der Waals surface area contributed by atoms with E-state index in [4.69, 9.17) is 5.11 Å². The largest absolute Gasteiger partial charge is 0.395 e. The second kappa shape index (κ2) is 7.63. The highest BCUT2D eigenvalue weighted by molar-refractivity contribution is 5.81. The van der Waals surface area contributed by atoms with Crippen LogP contribution in [0.1, 0.15) is 34.6 Å². The second-order valence-electron chi connectivity index (χ2n) is 4.87. The van der Waals surface area contributed by atoms with Crippen molar-refractivity contribution in [3.8, 4) is 0 Å². The first-order valence-electron chi connectivity index (χ1n) is 6.04. The number of aliphatic hydroxyl groups excluding tert-OH is 1. The Bertz CT molecular complexity index is 205. The van der Waals surface area contributed by atoms with E-state index < -0.39 is 0 Å². The SMILES string of the molecule is CC(C)CNC(=O)C(C)N(CCO)C(C)C. The summed E-state index contributed by atoms with van der Waals surface area (Å²) in [4.78, 5) is 13.8. The van der Waals surface area contributed by atoms with Crippen molar-refractivity contribution in [2.24, 2.45) is 5.92 Å². The first-order chi connectivity index (χ1) is 7.40. The number of hydrogen-bond donors (Lipinski definition) is 2. The molecule has 1 atom stereocenters. The van der Waals surface area contributed by atoms with Gasteiger partial charge in [0.2, 0.25) is 5.91 Å². The van der Waals surface area contributed by atoms with Crippen molar-refractivity contribution >= 4 is 5.91 Å². The number of hydrogen-bond acceptors (Lipinski definition) is 3. The van der Waals surface area contributed by atoms with Crippen LogP contribution in [0.15, 0.2) is 0 Å². The Hall–Kier alpha value is -0.610. The molecule has 0 heterocycles. The Kier molecular flexibility index (Phi) is 7.34. The summed E-state index contributed by atoms with van der Waals surface area (Å²) in [5.41, 5.74) is 0. The van der Waals surface area contributed by atoms with E-state index in [2.05, 4.69) is 19.2 Å². The Labute approximate surface area is 99.0 Å². The molecule has 4 heteroatoms. The summed E-state index contributed by atoms with van der Waals surface area (Å²) in [6, 6.07) is 0.0675. The Morgan fingerprint density at radius 2 is 1.81 bits per heavy atom. The molecule has 96 valence electrons. The van der Waals surface area contributed by atoms with Crippen LogP contribution in [0, 0.1) is 5.92 Å². The molecule has 4 nitrogen and oxygen atoms in total. The van der Waals surface area contributed by atoms with E-state index >= 15 is 0 Å². The molecule has 0 aromatic rings. The quantitative estimate of drug-likeness (QED) is 0.682. The number of aliphatic hydroxyl groups is 1. The molecule has 0 aliphatic heterocycles. The van der Waals surface area contributed by atoms with Crippen molar-refractivity contribution < 1.29 is 9.90 Å². The molecule has 0 bridgehead atoms. The lowest BCUT2D eigenvalue weighted by Gasteiger charge is -2.31. The molecule has 2 N–H and O–H groups in total. The summed E-state index contributed by atoms with van der Waals surface area (Å²) in [5.74, 6) is 0.498. The molecule has 0 saturated heterocycles. The van der Waals surface area contributed by atoms with Gasteiger partial charge >= 0.3 is 0 Å². The van der Waals surface area contributed by atoms with Crippen molar-refractivity contribution in [3.63, 3.8) is 0 Å². The minimum absolute atomic E-state index is 0.0378. The number of nitrogens with one attached hydrogen (secondary N) is 1. The van der Waals surface area contributed by atoms with Crippen molar-refractivity contribution in [3.05, 3.63) is 0 Å². The van der Waals surface area contributed by atoms with Crippen molar-refractivity contribution in [2.75, 3.05) is 19.7 Å². The first kappa shape index (κ1) is 15.4. The highest BCUT2D eigenvalue weighted by Gasteiger charge is 2.22. The molecule has 0 aliphatic rings. The highest BCUT2D eigenvalue weighted by Crippen LogP contribution is 2.05. The van der Waals surface area contributed by atoms with Gasteiger partial charge in [-0.3, -0.25) is 9.69 Å². The highest BCUT2D eigenvalue weighted by atomic mass is 16.3. The summed E-state index contributed by atoms with van der Waals surface area (Å²) >= 11 is 0. The van der Waals surface area contributed by atoms with E-state index in [0.29, 0.717) is 19.0 Å². The third-order valence-corrected chi connectivity index (χ3v) is 2.58. The molecule has 0 fully saturated rings. The van der Waals surface area contributed by atoms with Gasteiger partial charge in [-0.2, -0.15) is 0 Å². The van der Waals surface area contributed by atoms with Crippen LogP contribution in [0.5, 0.6) is 0 Å². The van der Waals surface area contributed by atoms with E-state index in [0.717, 1.165) is 0 Å². The normalized spacial score (nSPS) is 13.6. The molecule has 0 radical (unpaired) electrons. The van der Waals surface area contributed by atoms with Gasteiger partial charge in [0.05, 0.1) is 12.6 Å². The van der Waals surface area contributed by atoms with Gasteiger partial charge in [0.15, 0.2) is 0 Å². The third-order valence-electron chi connectivity index (χ3n) is 2.58. The number of carbonyl (C=O) groups excluding carboxylic acids is 1. The predicted octanol–water partition coefficient (Wildman–Crippen LogP) is 0.850. The molecular formula is C12H26N2O2.